The largest absolute Gasteiger partial charge is 0.426 e. The van der Waals surface area contributed by atoms with Crippen LogP contribution in [-0.2, 0) is 15.8 Å². The van der Waals surface area contributed by atoms with E-state index in [1.54, 1.807) is 0 Å². The SMILES string of the molecule is O=C(S)CC(=O)Oc1cccc(C(F)(F)F)c1. The van der Waals surface area contributed by atoms with E-state index in [1.807, 2.05) is 0 Å². The Morgan fingerprint density at radius 3 is 2.47 bits per heavy atom. The second kappa shape index (κ2) is 5.22. The summed E-state index contributed by atoms with van der Waals surface area (Å²) in [7, 11) is 0. The lowest BCUT2D eigenvalue weighted by atomic mass is 10.2. The lowest BCUT2D eigenvalue weighted by Crippen LogP contribution is -2.12. The Hall–Kier alpha value is -1.50. The maximum Gasteiger partial charge on any atom is 0.416 e. The van der Waals surface area contributed by atoms with E-state index in [2.05, 4.69) is 17.4 Å². The molecule has 3 nitrogen and oxygen atoms in total. The lowest BCUT2D eigenvalue weighted by molar-refractivity contribution is -0.139. The first-order valence-electron chi connectivity index (χ1n) is 4.39. The molecule has 0 atom stereocenters. The van der Waals surface area contributed by atoms with Crippen LogP contribution in [0.2, 0.25) is 0 Å². The average Bonchev–Trinajstić information content (AvgIpc) is 2.15. The normalized spacial score (nSPS) is 11.1. The predicted molar refractivity (Wildman–Crippen MR) is 55.7 cm³/mol. The summed E-state index contributed by atoms with van der Waals surface area (Å²) in [6.07, 6.45) is -5.11. The van der Waals surface area contributed by atoms with E-state index >= 15 is 0 Å². The van der Waals surface area contributed by atoms with Gasteiger partial charge >= 0.3 is 12.1 Å². The molecule has 0 fully saturated rings. The van der Waals surface area contributed by atoms with E-state index in [9.17, 15) is 22.8 Å². The fourth-order valence-corrected chi connectivity index (χ4v) is 1.16. The summed E-state index contributed by atoms with van der Waals surface area (Å²) in [6, 6.07) is 3.83. The van der Waals surface area contributed by atoms with Crippen molar-refractivity contribution in [2.75, 3.05) is 0 Å². The Balaban J connectivity index is 2.79. The van der Waals surface area contributed by atoms with Crippen LogP contribution in [0, 0.1) is 0 Å². The van der Waals surface area contributed by atoms with E-state index in [4.69, 9.17) is 0 Å². The van der Waals surface area contributed by atoms with Gasteiger partial charge in [-0.15, -0.1) is 12.6 Å². The van der Waals surface area contributed by atoms with Crippen LogP contribution >= 0.6 is 12.6 Å². The van der Waals surface area contributed by atoms with Gasteiger partial charge in [-0.25, -0.2) is 0 Å². The van der Waals surface area contributed by atoms with Crippen LogP contribution < -0.4 is 4.74 Å². The van der Waals surface area contributed by atoms with E-state index in [0.717, 1.165) is 12.1 Å². The molecule has 0 saturated carbocycles. The third-order valence-corrected chi connectivity index (χ3v) is 1.85. The number of benzene rings is 1. The summed E-state index contributed by atoms with van der Waals surface area (Å²) in [5, 5.41) is -0.720. The van der Waals surface area contributed by atoms with Crippen molar-refractivity contribution in [2.24, 2.45) is 0 Å². The van der Waals surface area contributed by atoms with Crippen LogP contribution in [0.25, 0.3) is 0 Å². The average molecular weight is 264 g/mol. The highest BCUT2D eigenvalue weighted by Gasteiger charge is 2.30. The Labute approximate surface area is 100.0 Å². The maximum atomic E-state index is 12.3. The van der Waals surface area contributed by atoms with E-state index in [0.29, 0.717) is 6.07 Å². The Bertz CT molecular complexity index is 443. The Morgan fingerprint density at radius 1 is 1.29 bits per heavy atom. The van der Waals surface area contributed by atoms with E-state index in [1.165, 1.54) is 6.07 Å². The minimum atomic E-state index is -4.51. The number of alkyl halides is 3. The van der Waals surface area contributed by atoms with Gasteiger partial charge in [0, 0.05) is 0 Å². The van der Waals surface area contributed by atoms with Crippen molar-refractivity contribution in [1.82, 2.24) is 0 Å². The molecule has 0 aliphatic heterocycles. The number of esters is 1. The number of rotatable bonds is 3. The van der Waals surface area contributed by atoms with Gasteiger partial charge in [0.05, 0.1) is 5.56 Å². The molecule has 7 heteroatoms. The zero-order chi connectivity index (χ0) is 13.1. The van der Waals surface area contributed by atoms with Gasteiger partial charge in [-0.2, -0.15) is 13.2 Å². The van der Waals surface area contributed by atoms with Crippen LogP contribution in [0.5, 0.6) is 5.75 Å². The van der Waals surface area contributed by atoms with Crippen LogP contribution in [-0.4, -0.2) is 11.1 Å². The molecule has 92 valence electrons. The molecule has 0 radical (unpaired) electrons. The molecule has 0 N–H and O–H groups in total. The van der Waals surface area contributed by atoms with Crippen molar-refractivity contribution < 1.29 is 27.5 Å². The number of halogens is 3. The van der Waals surface area contributed by atoms with E-state index in [-0.39, 0.29) is 5.75 Å². The zero-order valence-corrected chi connectivity index (χ0v) is 9.22. The smallest absolute Gasteiger partial charge is 0.416 e. The fourth-order valence-electron chi connectivity index (χ4n) is 1.03. The van der Waals surface area contributed by atoms with Crippen molar-refractivity contribution in [3.63, 3.8) is 0 Å². The van der Waals surface area contributed by atoms with Crippen molar-refractivity contribution in [1.29, 1.82) is 0 Å². The highest BCUT2D eigenvalue weighted by atomic mass is 32.1. The molecule has 0 bridgehead atoms. The van der Waals surface area contributed by atoms with Crippen molar-refractivity contribution >= 4 is 23.7 Å². The third-order valence-electron chi connectivity index (χ3n) is 1.69. The predicted octanol–water partition coefficient (Wildman–Crippen LogP) is 2.46. The summed E-state index contributed by atoms with van der Waals surface area (Å²) in [6.45, 7) is 0. The van der Waals surface area contributed by atoms with Crippen LogP contribution in [0.1, 0.15) is 12.0 Å². The molecule has 0 spiro atoms. The van der Waals surface area contributed by atoms with Crippen LogP contribution in [0.15, 0.2) is 24.3 Å². The third kappa shape index (κ3) is 4.48. The lowest BCUT2D eigenvalue weighted by Gasteiger charge is -2.08. The molecular weight excluding hydrogens is 257 g/mol. The number of ether oxygens (including phenoxy) is 1. The highest BCUT2D eigenvalue weighted by molar-refractivity contribution is 7.96. The molecule has 17 heavy (non-hydrogen) atoms. The summed E-state index contributed by atoms with van der Waals surface area (Å²) >= 11 is 3.35. The molecule has 0 saturated heterocycles. The fraction of sp³-hybridized carbons (Fsp3) is 0.200. The van der Waals surface area contributed by atoms with Crippen molar-refractivity contribution in [2.45, 2.75) is 12.6 Å². The van der Waals surface area contributed by atoms with Crippen LogP contribution in [0.4, 0.5) is 13.2 Å². The molecule has 0 heterocycles. The first-order valence-corrected chi connectivity index (χ1v) is 4.83. The van der Waals surface area contributed by atoms with Gasteiger partial charge in [0.1, 0.15) is 12.2 Å². The number of hydrogen-bond donors (Lipinski definition) is 1. The molecule has 0 aliphatic carbocycles. The number of carbonyl (C=O) groups excluding carboxylic acids is 2. The zero-order valence-electron chi connectivity index (χ0n) is 8.32. The van der Waals surface area contributed by atoms with Gasteiger partial charge in [-0.05, 0) is 18.2 Å². The monoisotopic (exact) mass is 264 g/mol. The summed E-state index contributed by atoms with van der Waals surface area (Å²) in [5.74, 6) is -1.22. The molecule has 1 aromatic rings. The van der Waals surface area contributed by atoms with E-state index < -0.39 is 29.2 Å². The van der Waals surface area contributed by atoms with Crippen molar-refractivity contribution in [3.8, 4) is 5.75 Å². The quantitative estimate of drug-likeness (QED) is 0.395. The van der Waals surface area contributed by atoms with Gasteiger partial charge in [-0.3, -0.25) is 9.59 Å². The molecule has 1 aromatic carbocycles. The number of hydrogen-bond acceptors (Lipinski definition) is 3. The first-order chi connectivity index (χ1) is 7.79. The van der Waals surface area contributed by atoms with Gasteiger partial charge in [-0.1, -0.05) is 6.07 Å². The Morgan fingerprint density at radius 2 is 1.94 bits per heavy atom. The van der Waals surface area contributed by atoms with Crippen LogP contribution in [0.3, 0.4) is 0 Å². The molecule has 0 unspecified atom stereocenters. The van der Waals surface area contributed by atoms with Gasteiger partial charge in [0.2, 0.25) is 0 Å². The molecular formula is C10H7F3O3S. The summed E-state index contributed by atoms with van der Waals surface area (Å²) in [5.41, 5.74) is -0.931. The second-order valence-corrected chi connectivity index (χ2v) is 3.57. The van der Waals surface area contributed by atoms with Gasteiger partial charge < -0.3 is 4.74 Å². The Kier molecular flexibility index (Phi) is 4.17. The molecule has 0 aromatic heterocycles. The highest BCUT2D eigenvalue weighted by Crippen LogP contribution is 2.31. The van der Waals surface area contributed by atoms with Gasteiger partial charge in [0.15, 0.2) is 5.12 Å². The number of thiol groups is 1. The maximum absolute atomic E-state index is 12.3. The summed E-state index contributed by atoms with van der Waals surface area (Å²) in [4.78, 5) is 21.5. The molecule has 1 rings (SSSR count). The minimum Gasteiger partial charge on any atom is -0.426 e. The first kappa shape index (κ1) is 13.6. The molecule has 0 amide bonds. The molecule has 0 aliphatic rings. The second-order valence-electron chi connectivity index (χ2n) is 3.07. The van der Waals surface area contributed by atoms with Crippen molar-refractivity contribution in [3.05, 3.63) is 29.8 Å². The summed E-state index contributed by atoms with van der Waals surface area (Å²) < 4.78 is 41.5. The number of carbonyl (C=O) groups is 2. The minimum absolute atomic E-state index is 0.264. The standard InChI is InChI=1S/C10H7F3O3S/c11-10(12,13)6-2-1-3-7(4-6)16-8(14)5-9(15)17/h1-4H,5H2,(H,15,17). The topological polar surface area (TPSA) is 43.4 Å². The van der Waals surface area contributed by atoms with Gasteiger partial charge in [0.25, 0.3) is 0 Å².